The first-order valence-electron chi connectivity index (χ1n) is 7.61. The summed E-state index contributed by atoms with van der Waals surface area (Å²) in [6.07, 6.45) is -2.81. The predicted octanol–water partition coefficient (Wildman–Crippen LogP) is 2.19. The summed E-state index contributed by atoms with van der Waals surface area (Å²) in [6, 6.07) is 7.77. The molecule has 3 N–H and O–H groups in total. The van der Waals surface area contributed by atoms with Crippen LogP contribution in [0.1, 0.15) is 22.0 Å². The number of hydrogen-bond donors (Lipinski definition) is 3. The zero-order valence-electron chi connectivity index (χ0n) is 13.2. The van der Waals surface area contributed by atoms with Gasteiger partial charge >= 0.3 is 12.2 Å². The quantitative estimate of drug-likeness (QED) is 0.727. The first-order chi connectivity index (χ1) is 12.2. The van der Waals surface area contributed by atoms with Gasteiger partial charge < -0.3 is 15.7 Å². The van der Waals surface area contributed by atoms with Gasteiger partial charge in [0.1, 0.15) is 5.92 Å². The zero-order chi connectivity index (χ0) is 18.9. The number of alkyl halides is 3. The van der Waals surface area contributed by atoms with Gasteiger partial charge in [0.15, 0.2) is 5.78 Å². The van der Waals surface area contributed by atoms with Gasteiger partial charge in [-0.15, -0.1) is 0 Å². The molecular weight excluding hydrogens is 351 g/mol. The first-order valence-corrected chi connectivity index (χ1v) is 7.61. The molecule has 1 aromatic heterocycles. The van der Waals surface area contributed by atoms with Crippen molar-refractivity contribution in [2.24, 2.45) is 5.92 Å². The number of aliphatic hydroxyl groups is 1. The average molecular weight is 365 g/mol. The summed E-state index contributed by atoms with van der Waals surface area (Å²) in [4.78, 5) is 28.4. The minimum Gasteiger partial charge on any atom is -0.363 e. The number of nitrogens with zero attached hydrogens (tertiary/aromatic N) is 1. The maximum Gasteiger partial charge on any atom is 0.437 e. The van der Waals surface area contributed by atoms with E-state index in [1.807, 2.05) is 0 Å². The first kappa shape index (κ1) is 17.9. The Morgan fingerprint density at radius 3 is 2.42 bits per heavy atom. The molecule has 1 aliphatic rings. The summed E-state index contributed by atoms with van der Waals surface area (Å²) >= 11 is 0. The molecule has 3 atom stereocenters. The summed E-state index contributed by atoms with van der Waals surface area (Å²) in [7, 11) is 0. The van der Waals surface area contributed by atoms with E-state index in [-0.39, 0.29) is 11.1 Å². The van der Waals surface area contributed by atoms with Gasteiger partial charge in [0, 0.05) is 18.0 Å². The van der Waals surface area contributed by atoms with Crippen molar-refractivity contribution in [1.82, 2.24) is 15.6 Å². The van der Waals surface area contributed by atoms with Gasteiger partial charge in [0.25, 0.3) is 0 Å². The Hall–Kier alpha value is -2.94. The van der Waals surface area contributed by atoms with E-state index in [2.05, 4.69) is 10.3 Å². The van der Waals surface area contributed by atoms with E-state index < -0.39 is 35.7 Å². The minimum absolute atomic E-state index is 0.112. The molecular formula is C17H14F3N3O3. The van der Waals surface area contributed by atoms with Crippen LogP contribution in [-0.2, 0) is 0 Å². The Balaban J connectivity index is 2.15. The predicted molar refractivity (Wildman–Crippen MR) is 83.9 cm³/mol. The second kappa shape index (κ2) is 6.41. The summed E-state index contributed by atoms with van der Waals surface area (Å²) < 4.78 is 41.0. The zero-order valence-corrected chi connectivity index (χ0v) is 13.2. The van der Waals surface area contributed by atoms with Crippen LogP contribution in [0.5, 0.6) is 0 Å². The van der Waals surface area contributed by atoms with Gasteiger partial charge in [-0.05, 0) is 17.7 Å². The molecule has 9 heteroatoms. The van der Waals surface area contributed by atoms with E-state index in [1.165, 1.54) is 35.8 Å². The van der Waals surface area contributed by atoms with Crippen molar-refractivity contribution in [3.63, 3.8) is 0 Å². The van der Waals surface area contributed by atoms with Crippen LogP contribution in [0.3, 0.4) is 0 Å². The molecule has 2 amide bonds. The van der Waals surface area contributed by atoms with Crippen LogP contribution in [-0.4, -0.2) is 33.8 Å². The van der Waals surface area contributed by atoms with E-state index in [1.54, 1.807) is 18.2 Å². The molecule has 0 radical (unpaired) electrons. The molecule has 1 saturated heterocycles. The normalized spacial score (nSPS) is 25.9. The van der Waals surface area contributed by atoms with E-state index in [4.69, 9.17) is 0 Å². The molecule has 136 valence electrons. The Labute approximate surface area is 146 Å². The highest BCUT2D eigenvalue weighted by molar-refractivity contribution is 6.00. The highest BCUT2D eigenvalue weighted by Crippen LogP contribution is 2.43. The second-order valence-corrected chi connectivity index (χ2v) is 5.83. The minimum atomic E-state index is -5.28. The molecule has 0 spiro atoms. The van der Waals surface area contributed by atoms with Crippen molar-refractivity contribution in [2.75, 3.05) is 0 Å². The van der Waals surface area contributed by atoms with Crippen LogP contribution in [0.15, 0.2) is 54.9 Å². The largest absolute Gasteiger partial charge is 0.437 e. The number of pyridine rings is 1. The molecule has 0 bridgehead atoms. The summed E-state index contributed by atoms with van der Waals surface area (Å²) in [6.45, 7) is 0. The van der Waals surface area contributed by atoms with E-state index in [0.29, 0.717) is 0 Å². The van der Waals surface area contributed by atoms with Crippen molar-refractivity contribution in [3.8, 4) is 0 Å². The number of amides is 2. The van der Waals surface area contributed by atoms with Crippen LogP contribution < -0.4 is 10.6 Å². The number of ketones is 1. The van der Waals surface area contributed by atoms with Gasteiger partial charge in [-0.25, -0.2) is 4.79 Å². The second-order valence-electron chi connectivity index (χ2n) is 5.83. The molecule has 0 saturated carbocycles. The van der Waals surface area contributed by atoms with Crippen LogP contribution >= 0.6 is 0 Å². The highest BCUT2D eigenvalue weighted by atomic mass is 19.4. The molecule has 3 rings (SSSR count). The van der Waals surface area contributed by atoms with Gasteiger partial charge in [0.05, 0.1) is 6.04 Å². The third-order valence-electron chi connectivity index (χ3n) is 4.19. The Morgan fingerprint density at radius 1 is 1.15 bits per heavy atom. The number of Topliss-reactive ketones (excluding diaryl/α,β-unsaturated/α-hetero) is 1. The number of carbonyl (C=O) groups excluding carboxylic acids is 2. The van der Waals surface area contributed by atoms with Crippen LogP contribution in [0, 0.1) is 5.92 Å². The van der Waals surface area contributed by atoms with Gasteiger partial charge in [-0.2, -0.15) is 13.2 Å². The monoisotopic (exact) mass is 365 g/mol. The van der Waals surface area contributed by atoms with Crippen molar-refractivity contribution in [3.05, 3.63) is 66.0 Å². The fraction of sp³-hybridized carbons (Fsp3) is 0.235. The van der Waals surface area contributed by atoms with Crippen molar-refractivity contribution >= 4 is 11.8 Å². The number of carbonyl (C=O) groups is 2. The van der Waals surface area contributed by atoms with Crippen LogP contribution in [0.2, 0.25) is 0 Å². The van der Waals surface area contributed by atoms with E-state index in [0.717, 1.165) is 6.20 Å². The van der Waals surface area contributed by atoms with Crippen molar-refractivity contribution < 1.29 is 27.9 Å². The Bertz CT molecular complexity index is 814. The van der Waals surface area contributed by atoms with Gasteiger partial charge in [0.2, 0.25) is 5.72 Å². The number of halogens is 3. The third-order valence-corrected chi connectivity index (χ3v) is 4.19. The molecule has 1 aromatic carbocycles. The Morgan fingerprint density at radius 2 is 1.85 bits per heavy atom. The fourth-order valence-corrected chi connectivity index (χ4v) is 2.97. The van der Waals surface area contributed by atoms with E-state index in [9.17, 15) is 27.9 Å². The van der Waals surface area contributed by atoms with Gasteiger partial charge in [-0.1, -0.05) is 30.3 Å². The molecule has 6 nitrogen and oxygen atoms in total. The SMILES string of the molecule is O=C1N[C@H](c2ccccc2)[C@@H](C(=O)c2cccnc2)[C@](O)(C(F)(F)F)N1. The highest BCUT2D eigenvalue weighted by Gasteiger charge is 2.66. The number of urea groups is 1. The smallest absolute Gasteiger partial charge is 0.363 e. The van der Waals surface area contributed by atoms with E-state index >= 15 is 0 Å². The fourth-order valence-electron chi connectivity index (χ4n) is 2.97. The lowest BCUT2D eigenvalue weighted by Gasteiger charge is -2.45. The number of rotatable bonds is 3. The lowest BCUT2D eigenvalue weighted by Crippen LogP contribution is -2.72. The number of aromatic nitrogens is 1. The van der Waals surface area contributed by atoms with Crippen LogP contribution in [0.4, 0.5) is 18.0 Å². The number of nitrogens with one attached hydrogen (secondary N) is 2. The summed E-state index contributed by atoms with van der Waals surface area (Å²) in [5, 5.41) is 14.1. The molecule has 0 unspecified atom stereocenters. The topological polar surface area (TPSA) is 91.3 Å². The molecule has 1 aliphatic heterocycles. The summed E-state index contributed by atoms with van der Waals surface area (Å²) in [5.41, 5.74) is -3.59. The lowest BCUT2D eigenvalue weighted by molar-refractivity contribution is -0.287. The van der Waals surface area contributed by atoms with Gasteiger partial charge in [-0.3, -0.25) is 9.78 Å². The lowest BCUT2D eigenvalue weighted by atomic mass is 9.77. The molecule has 26 heavy (non-hydrogen) atoms. The maximum atomic E-state index is 13.7. The standard InChI is InChI=1S/C17H14F3N3O3/c18-17(19,20)16(26)12(14(24)11-7-4-8-21-9-11)13(22-15(25)23-16)10-5-2-1-3-6-10/h1-9,12-13,26H,(H2,22,23,25)/t12-,13+,16-/m0/s1. The third kappa shape index (κ3) is 3.01. The van der Waals surface area contributed by atoms with Crippen molar-refractivity contribution in [2.45, 2.75) is 17.9 Å². The molecule has 2 heterocycles. The number of benzene rings is 1. The van der Waals surface area contributed by atoms with Crippen molar-refractivity contribution in [1.29, 1.82) is 0 Å². The molecule has 1 fully saturated rings. The average Bonchev–Trinajstić information content (AvgIpc) is 2.61. The number of hydrogen-bond acceptors (Lipinski definition) is 4. The van der Waals surface area contributed by atoms with Crippen LogP contribution in [0.25, 0.3) is 0 Å². The Kier molecular flexibility index (Phi) is 4.41. The maximum absolute atomic E-state index is 13.7. The molecule has 0 aliphatic carbocycles. The molecule has 2 aromatic rings. The summed E-state index contributed by atoms with van der Waals surface area (Å²) in [5.74, 6) is -3.05.